The molecule has 3 aromatic rings. The number of nitrogens with zero attached hydrogens (tertiary/aromatic N) is 2. The van der Waals surface area contributed by atoms with Crippen molar-refractivity contribution in [3.8, 4) is 11.1 Å². The van der Waals surface area contributed by atoms with Crippen LogP contribution in [0.1, 0.15) is 12.5 Å². The van der Waals surface area contributed by atoms with E-state index in [-0.39, 0.29) is 24.4 Å². The third kappa shape index (κ3) is 7.12. The number of amides is 2. The molecule has 0 aromatic heterocycles. The number of nitrogens with one attached hydrogen (secondary N) is 1. The van der Waals surface area contributed by atoms with Gasteiger partial charge in [-0.05, 0) is 28.8 Å². The maximum atomic E-state index is 13.8. The van der Waals surface area contributed by atoms with E-state index in [1.807, 2.05) is 60.7 Å². The molecule has 15 heteroatoms. The number of carboxylic acids is 1. The summed E-state index contributed by atoms with van der Waals surface area (Å²) in [6, 6.07) is 24.7. The summed E-state index contributed by atoms with van der Waals surface area (Å²) in [6.45, 7) is 1.73. The average molecular weight is 690 g/mol. The largest absolute Gasteiger partial charge is 0.490 e. The first-order valence-corrected chi connectivity index (χ1v) is 16.2. The molecule has 0 aliphatic carbocycles. The molecule has 2 aliphatic rings. The number of rotatable bonds is 9. The number of carbonyl (C=O) groups excluding carboxylic acids is 3. The normalized spacial score (nSPS) is 22.2. The smallest absolute Gasteiger partial charge is 0.475 e. The third-order valence-electron chi connectivity index (χ3n) is 8.45. The molecule has 0 bridgehead atoms. The second-order valence-electron chi connectivity index (χ2n) is 11.3. The highest BCUT2D eigenvalue weighted by molar-refractivity contribution is 7.89. The third-order valence-corrected chi connectivity index (χ3v) is 10.4. The van der Waals surface area contributed by atoms with Crippen molar-refractivity contribution in [2.24, 2.45) is 11.8 Å². The summed E-state index contributed by atoms with van der Waals surface area (Å²) in [5.74, 6) is -6.33. The number of imide groups is 1. The van der Waals surface area contributed by atoms with Gasteiger partial charge in [0, 0.05) is 32.6 Å². The van der Waals surface area contributed by atoms with Crippen molar-refractivity contribution in [2.75, 3.05) is 27.2 Å². The first-order valence-electron chi connectivity index (χ1n) is 14.8. The summed E-state index contributed by atoms with van der Waals surface area (Å²) < 4.78 is 65.8. The number of sulfonamides is 1. The monoisotopic (exact) mass is 689 g/mol. The summed E-state index contributed by atoms with van der Waals surface area (Å²) in [5, 5.41) is 10.4. The van der Waals surface area contributed by atoms with Crippen molar-refractivity contribution < 1.29 is 50.6 Å². The van der Waals surface area contributed by atoms with Gasteiger partial charge in [0.05, 0.1) is 23.8 Å². The molecule has 0 spiro atoms. The Labute approximate surface area is 275 Å². The average Bonchev–Trinajstić information content (AvgIpc) is 3.51. The van der Waals surface area contributed by atoms with Crippen LogP contribution in [-0.2, 0) is 40.4 Å². The molecular weight excluding hydrogens is 655 g/mol. The standard InChI is InChI=1S/C31H33N3O6S.C2HF3O2/c1-4-34(41(38,39)24-17-15-23(16-18-24)22-13-9-6-10-14-22)20-25-26-27(29(36)33(2)28(26)35)31(32-25,30(37)40-3)19-21-11-7-5-8-12-21;3-2(4,5)1(6)7/h5-18,25-27,32H,4,19-20H2,1-3H3;(H,6,7)/t25-,26+,27-,31-;/m1./s1. The van der Waals surface area contributed by atoms with Crippen molar-refractivity contribution in [2.45, 2.75) is 36.0 Å². The Morgan fingerprint density at radius 2 is 1.46 bits per heavy atom. The molecule has 2 fully saturated rings. The minimum absolute atomic E-state index is 0.102. The zero-order valence-corrected chi connectivity index (χ0v) is 27.0. The molecule has 48 heavy (non-hydrogen) atoms. The summed E-state index contributed by atoms with van der Waals surface area (Å²) in [6.07, 6.45) is -4.98. The van der Waals surface area contributed by atoms with Gasteiger partial charge < -0.3 is 9.84 Å². The lowest BCUT2D eigenvalue weighted by atomic mass is 9.76. The van der Waals surface area contributed by atoms with Crippen LogP contribution in [0.2, 0.25) is 0 Å². The number of hydrogen-bond donors (Lipinski definition) is 2. The molecular formula is C33H34F3N3O8S. The van der Waals surface area contributed by atoms with Crippen LogP contribution >= 0.6 is 0 Å². The number of halogens is 3. The lowest BCUT2D eigenvalue weighted by Gasteiger charge is -2.33. The molecule has 0 unspecified atom stereocenters. The van der Waals surface area contributed by atoms with E-state index in [0.29, 0.717) is 0 Å². The molecule has 5 rings (SSSR count). The van der Waals surface area contributed by atoms with Crippen LogP contribution in [0.25, 0.3) is 11.1 Å². The lowest BCUT2D eigenvalue weighted by Crippen LogP contribution is -2.59. The second kappa shape index (κ2) is 14.3. The van der Waals surface area contributed by atoms with Gasteiger partial charge in [0.1, 0.15) is 5.54 Å². The fraction of sp³-hybridized carbons (Fsp3) is 0.333. The Bertz CT molecular complexity index is 1760. The van der Waals surface area contributed by atoms with Gasteiger partial charge in [-0.2, -0.15) is 17.5 Å². The Morgan fingerprint density at radius 3 is 1.96 bits per heavy atom. The molecule has 4 atom stereocenters. The summed E-state index contributed by atoms with van der Waals surface area (Å²) in [5.41, 5.74) is 1.09. The first kappa shape index (κ1) is 36.2. The van der Waals surface area contributed by atoms with Gasteiger partial charge in [0.15, 0.2) is 0 Å². The lowest BCUT2D eigenvalue weighted by molar-refractivity contribution is -0.192. The van der Waals surface area contributed by atoms with E-state index in [1.54, 1.807) is 31.2 Å². The summed E-state index contributed by atoms with van der Waals surface area (Å²) >= 11 is 0. The number of likely N-dealkylation sites (tertiary alicyclic amines) is 1. The van der Waals surface area contributed by atoms with Gasteiger partial charge >= 0.3 is 18.1 Å². The minimum atomic E-state index is -5.08. The van der Waals surface area contributed by atoms with Crippen LogP contribution in [0.15, 0.2) is 89.8 Å². The molecule has 2 N–H and O–H groups in total. The second-order valence-corrected chi connectivity index (χ2v) is 13.2. The number of alkyl halides is 3. The number of hydrogen-bond acceptors (Lipinski definition) is 8. The number of methoxy groups -OCH3 is 1. The molecule has 0 radical (unpaired) electrons. The first-order chi connectivity index (χ1) is 22.6. The van der Waals surface area contributed by atoms with Gasteiger partial charge in [-0.1, -0.05) is 79.7 Å². The van der Waals surface area contributed by atoms with Gasteiger partial charge in [0.2, 0.25) is 21.8 Å². The van der Waals surface area contributed by atoms with Crippen molar-refractivity contribution in [1.29, 1.82) is 0 Å². The van der Waals surface area contributed by atoms with Crippen LogP contribution in [0.3, 0.4) is 0 Å². The van der Waals surface area contributed by atoms with Crippen LogP contribution in [-0.4, -0.2) is 91.5 Å². The Kier molecular flexibility index (Phi) is 10.8. The highest BCUT2D eigenvalue weighted by Crippen LogP contribution is 2.45. The van der Waals surface area contributed by atoms with Gasteiger partial charge in [-0.3, -0.25) is 24.6 Å². The number of ether oxygens (including phenoxy) is 1. The van der Waals surface area contributed by atoms with Crippen molar-refractivity contribution in [1.82, 2.24) is 14.5 Å². The topological polar surface area (TPSA) is 150 Å². The van der Waals surface area contributed by atoms with E-state index in [9.17, 15) is 36.0 Å². The van der Waals surface area contributed by atoms with E-state index in [1.165, 1.54) is 18.5 Å². The fourth-order valence-corrected chi connectivity index (χ4v) is 7.64. The molecule has 2 saturated heterocycles. The summed E-state index contributed by atoms with van der Waals surface area (Å²) in [4.78, 5) is 50.2. The zero-order valence-electron chi connectivity index (χ0n) is 26.2. The Morgan fingerprint density at radius 1 is 0.938 bits per heavy atom. The molecule has 3 aromatic carbocycles. The molecule has 256 valence electrons. The zero-order chi connectivity index (χ0) is 35.4. The number of benzene rings is 3. The molecule has 2 amide bonds. The van der Waals surface area contributed by atoms with E-state index >= 15 is 0 Å². The van der Waals surface area contributed by atoms with E-state index in [2.05, 4.69) is 5.32 Å². The number of fused-ring (bicyclic) bond motifs is 1. The van der Waals surface area contributed by atoms with Crippen LogP contribution in [0.4, 0.5) is 13.2 Å². The van der Waals surface area contributed by atoms with Crippen LogP contribution in [0, 0.1) is 11.8 Å². The molecule has 0 saturated carbocycles. The minimum Gasteiger partial charge on any atom is -0.475 e. The quantitative estimate of drug-likeness (QED) is 0.255. The summed E-state index contributed by atoms with van der Waals surface area (Å²) in [7, 11) is -1.33. The van der Waals surface area contributed by atoms with Crippen molar-refractivity contribution in [3.63, 3.8) is 0 Å². The SMILES string of the molecule is CCN(C[C@H]1N[C@@](Cc2ccccc2)(C(=O)OC)[C@H]2C(=O)N(C)C(=O)[C@@H]12)S(=O)(=O)c1ccc(-c2ccccc2)cc1.O=C(O)C(F)(F)F. The van der Waals surface area contributed by atoms with Crippen LogP contribution in [0.5, 0.6) is 0 Å². The maximum absolute atomic E-state index is 13.8. The highest BCUT2D eigenvalue weighted by Gasteiger charge is 2.68. The molecule has 2 aliphatic heterocycles. The Hall–Kier alpha value is -4.60. The number of aliphatic carboxylic acids is 1. The van der Waals surface area contributed by atoms with Gasteiger partial charge in [-0.15, -0.1) is 0 Å². The highest BCUT2D eigenvalue weighted by atomic mass is 32.2. The number of likely N-dealkylation sites (N-methyl/N-ethyl adjacent to an activating group) is 1. The van der Waals surface area contributed by atoms with E-state index in [4.69, 9.17) is 14.6 Å². The predicted molar refractivity (Wildman–Crippen MR) is 167 cm³/mol. The van der Waals surface area contributed by atoms with Crippen LogP contribution < -0.4 is 5.32 Å². The molecule has 2 heterocycles. The Balaban J connectivity index is 0.000000671. The van der Waals surface area contributed by atoms with Crippen molar-refractivity contribution >= 4 is 33.8 Å². The van der Waals surface area contributed by atoms with E-state index < -0.39 is 63.4 Å². The fourth-order valence-electron chi connectivity index (χ4n) is 6.16. The number of carboxylic acid groups (broad SMARTS) is 1. The van der Waals surface area contributed by atoms with Gasteiger partial charge in [-0.25, -0.2) is 13.2 Å². The maximum Gasteiger partial charge on any atom is 0.490 e. The number of esters is 1. The predicted octanol–water partition coefficient (Wildman–Crippen LogP) is 3.35. The number of carbonyl (C=O) groups is 4. The molecule has 11 nitrogen and oxygen atoms in total. The van der Waals surface area contributed by atoms with E-state index in [0.717, 1.165) is 21.6 Å². The van der Waals surface area contributed by atoms with Gasteiger partial charge in [0.25, 0.3) is 0 Å². The van der Waals surface area contributed by atoms with Crippen molar-refractivity contribution in [3.05, 3.63) is 90.5 Å².